The van der Waals surface area contributed by atoms with Gasteiger partial charge in [0.05, 0.1) is 10.7 Å². The molecule has 0 atom stereocenters. The summed E-state index contributed by atoms with van der Waals surface area (Å²) in [6, 6.07) is 6.13. The molecule has 2 aromatic rings. The second kappa shape index (κ2) is 3.23. The lowest BCUT2D eigenvalue weighted by Crippen LogP contribution is -1.77. The number of furan rings is 1. The minimum absolute atomic E-state index is 0.868. The van der Waals surface area contributed by atoms with Gasteiger partial charge in [0.25, 0.3) is 0 Å². The van der Waals surface area contributed by atoms with Gasteiger partial charge in [0.2, 0.25) is 0 Å². The molecule has 3 heteroatoms. The van der Waals surface area contributed by atoms with Crippen LogP contribution in [0.5, 0.6) is 0 Å². The second-order valence-corrected chi connectivity index (χ2v) is 3.97. The van der Waals surface area contributed by atoms with E-state index in [0.29, 0.717) is 0 Å². The van der Waals surface area contributed by atoms with E-state index in [1.54, 1.807) is 6.26 Å². The van der Waals surface area contributed by atoms with Gasteiger partial charge in [-0.05, 0) is 39.7 Å². The van der Waals surface area contributed by atoms with E-state index < -0.39 is 0 Å². The molecule has 0 spiro atoms. The molecule has 0 aliphatic carbocycles. The Kier molecular flexibility index (Phi) is 2.24. The van der Waals surface area contributed by atoms with Crippen LogP contribution in [0, 0.1) is 0 Å². The molecule has 0 amide bonds. The van der Waals surface area contributed by atoms with E-state index >= 15 is 0 Å². The molecule has 0 unspecified atom stereocenters. The smallest absolute Gasteiger partial charge is 0.148 e. The van der Waals surface area contributed by atoms with Crippen LogP contribution in [0.25, 0.3) is 11.0 Å². The van der Waals surface area contributed by atoms with Crippen molar-refractivity contribution >= 4 is 42.8 Å². The molecule has 0 saturated heterocycles. The van der Waals surface area contributed by atoms with Crippen molar-refractivity contribution in [2.45, 2.75) is 5.33 Å². The summed E-state index contributed by atoms with van der Waals surface area (Å²) in [5.74, 6) is 0. The standard InChI is InChI=1S/C9H6Br2O/c10-5-6-3-7-1-2-12-9(7)8(11)4-6/h1-4H,5H2. The predicted molar refractivity (Wildman–Crippen MR) is 56.5 cm³/mol. The molecular formula is C9H6Br2O. The quantitative estimate of drug-likeness (QED) is 0.721. The molecule has 0 N–H and O–H groups in total. The molecule has 1 aromatic carbocycles. The number of rotatable bonds is 1. The zero-order valence-electron chi connectivity index (χ0n) is 6.18. The van der Waals surface area contributed by atoms with Gasteiger partial charge in [0, 0.05) is 10.7 Å². The fourth-order valence-corrected chi connectivity index (χ4v) is 2.11. The van der Waals surface area contributed by atoms with E-state index in [4.69, 9.17) is 4.42 Å². The Hall–Kier alpha value is -0.280. The van der Waals surface area contributed by atoms with Crippen LogP contribution in [-0.2, 0) is 5.33 Å². The van der Waals surface area contributed by atoms with E-state index in [1.165, 1.54) is 5.56 Å². The van der Waals surface area contributed by atoms with Crippen molar-refractivity contribution in [1.82, 2.24) is 0 Å². The number of hydrogen-bond donors (Lipinski definition) is 0. The van der Waals surface area contributed by atoms with Crippen LogP contribution in [0.4, 0.5) is 0 Å². The monoisotopic (exact) mass is 288 g/mol. The highest BCUT2D eigenvalue weighted by Gasteiger charge is 2.03. The minimum atomic E-state index is 0.868. The number of hydrogen-bond acceptors (Lipinski definition) is 1. The SMILES string of the molecule is BrCc1cc(Br)c2occc2c1. The lowest BCUT2D eigenvalue weighted by molar-refractivity contribution is 0.614. The van der Waals surface area contributed by atoms with Gasteiger partial charge in [-0.15, -0.1) is 0 Å². The Bertz CT molecular complexity index is 406. The Morgan fingerprint density at radius 3 is 2.92 bits per heavy atom. The minimum Gasteiger partial charge on any atom is -0.463 e. The van der Waals surface area contributed by atoms with Crippen LogP contribution in [-0.4, -0.2) is 0 Å². The summed E-state index contributed by atoms with van der Waals surface area (Å²) in [6.45, 7) is 0. The first-order chi connectivity index (χ1) is 5.81. The fourth-order valence-electron chi connectivity index (χ4n) is 1.17. The van der Waals surface area contributed by atoms with E-state index in [-0.39, 0.29) is 0 Å². The molecule has 0 radical (unpaired) electrons. The molecule has 0 bridgehead atoms. The molecule has 0 aliphatic heterocycles. The Balaban J connectivity index is 2.75. The van der Waals surface area contributed by atoms with Crippen LogP contribution in [0.3, 0.4) is 0 Å². The second-order valence-electron chi connectivity index (χ2n) is 2.55. The highest BCUT2D eigenvalue weighted by atomic mass is 79.9. The molecule has 0 aliphatic rings. The Morgan fingerprint density at radius 2 is 2.17 bits per heavy atom. The highest BCUT2D eigenvalue weighted by Crippen LogP contribution is 2.27. The average Bonchev–Trinajstić information content (AvgIpc) is 2.52. The van der Waals surface area contributed by atoms with Gasteiger partial charge in [-0.25, -0.2) is 0 Å². The summed E-state index contributed by atoms with van der Waals surface area (Å²) < 4.78 is 6.30. The van der Waals surface area contributed by atoms with Gasteiger partial charge in [-0.1, -0.05) is 15.9 Å². The summed E-state index contributed by atoms with van der Waals surface area (Å²) in [4.78, 5) is 0. The van der Waals surface area contributed by atoms with Crippen molar-refractivity contribution in [1.29, 1.82) is 0 Å². The van der Waals surface area contributed by atoms with E-state index in [9.17, 15) is 0 Å². The van der Waals surface area contributed by atoms with Crippen molar-refractivity contribution in [2.75, 3.05) is 0 Å². The third kappa shape index (κ3) is 1.31. The van der Waals surface area contributed by atoms with Gasteiger partial charge in [-0.2, -0.15) is 0 Å². The normalized spacial score (nSPS) is 10.8. The zero-order chi connectivity index (χ0) is 8.55. The molecule has 12 heavy (non-hydrogen) atoms. The van der Waals surface area contributed by atoms with Crippen molar-refractivity contribution in [3.05, 3.63) is 34.5 Å². The number of fused-ring (bicyclic) bond motifs is 1. The molecule has 0 fully saturated rings. The first kappa shape index (κ1) is 8.32. The molecule has 0 saturated carbocycles. The first-order valence-corrected chi connectivity index (χ1v) is 5.44. The molecule has 1 aromatic heterocycles. The summed E-state index contributed by atoms with van der Waals surface area (Å²) in [5.41, 5.74) is 2.16. The van der Waals surface area contributed by atoms with Gasteiger partial charge >= 0.3 is 0 Å². The van der Waals surface area contributed by atoms with Crippen LogP contribution >= 0.6 is 31.9 Å². The maximum absolute atomic E-state index is 5.29. The van der Waals surface area contributed by atoms with Crippen molar-refractivity contribution in [3.8, 4) is 0 Å². The zero-order valence-corrected chi connectivity index (χ0v) is 9.35. The van der Waals surface area contributed by atoms with Crippen LogP contribution < -0.4 is 0 Å². The first-order valence-electron chi connectivity index (χ1n) is 3.53. The van der Waals surface area contributed by atoms with Crippen LogP contribution in [0.15, 0.2) is 33.4 Å². The Labute approximate surface area is 87.0 Å². The van der Waals surface area contributed by atoms with E-state index in [1.807, 2.05) is 6.07 Å². The van der Waals surface area contributed by atoms with E-state index in [0.717, 1.165) is 20.8 Å². The van der Waals surface area contributed by atoms with Crippen molar-refractivity contribution in [2.24, 2.45) is 0 Å². The highest BCUT2D eigenvalue weighted by molar-refractivity contribution is 9.10. The largest absolute Gasteiger partial charge is 0.463 e. The third-order valence-electron chi connectivity index (χ3n) is 1.72. The summed E-state index contributed by atoms with van der Waals surface area (Å²) in [6.07, 6.45) is 1.70. The number of alkyl halides is 1. The molecule has 62 valence electrons. The van der Waals surface area contributed by atoms with Crippen molar-refractivity contribution in [3.63, 3.8) is 0 Å². The topological polar surface area (TPSA) is 13.1 Å². The maximum Gasteiger partial charge on any atom is 0.148 e. The van der Waals surface area contributed by atoms with Crippen molar-refractivity contribution < 1.29 is 4.42 Å². The molecule has 1 nitrogen and oxygen atoms in total. The van der Waals surface area contributed by atoms with Gasteiger partial charge < -0.3 is 4.42 Å². The fraction of sp³-hybridized carbons (Fsp3) is 0.111. The lowest BCUT2D eigenvalue weighted by atomic mass is 10.2. The Morgan fingerprint density at radius 1 is 1.33 bits per heavy atom. The molecule has 2 rings (SSSR count). The maximum atomic E-state index is 5.29. The van der Waals surface area contributed by atoms with Gasteiger partial charge in [0.15, 0.2) is 0 Å². The summed E-state index contributed by atoms with van der Waals surface area (Å²) >= 11 is 6.87. The lowest BCUT2D eigenvalue weighted by Gasteiger charge is -1.97. The van der Waals surface area contributed by atoms with Gasteiger partial charge in [0.1, 0.15) is 5.58 Å². The number of halogens is 2. The van der Waals surface area contributed by atoms with E-state index in [2.05, 4.69) is 44.0 Å². The molecule has 1 heterocycles. The summed E-state index contributed by atoms with van der Waals surface area (Å²) in [7, 11) is 0. The summed E-state index contributed by atoms with van der Waals surface area (Å²) in [5, 5.41) is 2.01. The van der Waals surface area contributed by atoms with Crippen LogP contribution in [0.2, 0.25) is 0 Å². The predicted octanol–water partition coefficient (Wildman–Crippen LogP) is 4.09. The molecular weight excluding hydrogens is 284 g/mol. The van der Waals surface area contributed by atoms with Gasteiger partial charge in [-0.3, -0.25) is 0 Å². The van der Waals surface area contributed by atoms with Crippen LogP contribution in [0.1, 0.15) is 5.56 Å². The average molecular weight is 290 g/mol. The number of benzene rings is 1. The third-order valence-corrected chi connectivity index (χ3v) is 2.96.